The molecule has 1 atom stereocenters. The number of aliphatic hydroxyl groups is 1. The first-order valence-electron chi connectivity index (χ1n) is 9.56. The molecule has 2 aromatic carbocycles. The average molecular weight is 362 g/mol. The van der Waals surface area contributed by atoms with Crippen LogP contribution in [0.2, 0.25) is 0 Å². The van der Waals surface area contributed by atoms with Crippen LogP contribution in [0.15, 0.2) is 48.5 Å². The lowest BCUT2D eigenvalue weighted by Crippen LogP contribution is -2.21. The number of rotatable bonds is 5. The molecule has 0 radical (unpaired) electrons. The second-order valence-corrected chi connectivity index (χ2v) is 7.44. The minimum atomic E-state index is 0.104. The molecule has 0 saturated carbocycles. The number of aromatic nitrogens is 1. The van der Waals surface area contributed by atoms with Crippen molar-refractivity contribution >= 4 is 16.7 Å². The molecule has 1 aliphatic rings. The summed E-state index contributed by atoms with van der Waals surface area (Å²) >= 11 is 0. The smallest absolute Gasteiger partial charge is 0.145 e. The summed E-state index contributed by atoms with van der Waals surface area (Å²) in [6, 6.07) is 16.6. The highest BCUT2D eigenvalue weighted by molar-refractivity contribution is 5.88. The van der Waals surface area contributed by atoms with E-state index < -0.39 is 0 Å². The van der Waals surface area contributed by atoms with Gasteiger partial charge in [0.1, 0.15) is 17.1 Å². The monoisotopic (exact) mass is 362 g/mol. The predicted octanol–water partition coefficient (Wildman–Crippen LogP) is 4.11. The van der Waals surface area contributed by atoms with Crippen molar-refractivity contribution in [1.82, 2.24) is 4.98 Å². The molecule has 2 heterocycles. The van der Waals surface area contributed by atoms with Gasteiger partial charge in [-0.15, -0.1) is 0 Å². The van der Waals surface area contributed by atoms with Crippen LogP contribution < -0.4 is 9.64 Å². The number of para-hydroxylation sites is 1. The summed E-state index contributed by atoms with van der Waals surface area (Å²) < 4.78 is 5.52. The Morgan fingerprint density at radius 2 is 1.96 bits per heavy atom. The molecule has 0 bridgehead atoms. The number of anilines is 1. The maximum atomic E-state index is 9.34. The highest BCUT2D eigenvalue weighted by Gasteiger charge is 2.24. The van der Waals surface area contributed by atoms with Crippen LogP contribution in [0.4, 0.5) is 5.82 Å². The van der Waals surface area contributed by atoms with Gasteiger partial charge in [-0.05, 0) is 54.5 Å². The molecule has 4 rings (SSSR count). The van der Waals surface area contributed by atoms with Crippen LogP contribution in [0.5, 0.6) is 5.75 Å². The molecule has 4 nitrogen and oxygen atoms in total. The van der Waals surface area contributed by atoms with Crippen LogP contribution in [-0.4, -0.2) is 30.3 Å². The van der Waals surface area contributed by atoms with Gasteiger partial charge in [0.25, 0.3) is 0 Å². The van der Waals surface area contributed by atoms with Gasteiger partial charge in [0.15, 0.2) is 0 Å². The Labute approximate surface area is 160 Å². The van der Waals surface area contributed by atoms with Gasteiger partial charge in [0, 0.05) is 18.5 Å². The number of ether oxygens (including phenoxy) is 1. The van der Waals surface area contributed by atoms with Crippen molar-refractivity contribution in [2.24, 2.45) is 5.92 Å². The molecule has 3 aromatic rings. The highest BCUT2D eigenvalue weighted by atomic mass is 16.5. The fourth-order valence-electron chi connectivity index (χ4n) is 4.10. The van der Waals surface area contributed by atoms with E-state index in [-0.39, 0.29) is 6.61 Å². The van der Waals surface area contributed by atoms with E-state index in [0.29, 0.717) is 5.92 Å². The molecule has 27 heavy (non-hydrogen) atoms. The molecule has 0 aliphatic carbocycles. The molecule has 1 aromatic heterocycles. The van der Waals surface area contributed by atoms with Crippen LogP contribution in [0.3, 0.4) is 0 Å². The van der Waals surface area contributed by atoms with Gasteiger partial charge >= 0.3 is 0 Å². The van der Waals surface area contributed by atoms with Gasteiger partial charge in [-0.3, -0.25) is 0 Å². The van der Waals surface area contributed by atoms with Gasteiger partial charge in [-0.2, -0.15) is 0 Å². The first kappa shape index (κ1) is 17.8. The van der Waals surface area contributed by atoms with E-state index in [0.717, 1.165) is 54.0 Å². The number of pyridine rings is 1. The number of hydrogen-bond acceptors (Lipinski definition) is 4. The van der Waals surface area contributed by atoms with Crippen molar-refractivity contribution in [3.05, 3.63) is 65.2 Å². The van der Waals surface area contributed by atoms with E-state index in [1.807, 2.05) is 24.3 Å². The van der Waals surface area contributed by atoms with E-state index >= 15 is 0 Å². The van der Waals surface area contributed by atoms with E-state index in [1.165, 1.54) is 11.1 Å². The molecule has 1 fully saturated rings. The molecule has 1 aliphatic heterocycles. The second-order valence-electron chi connectivity index (χ2n) is 7.44. The van der Waals surface area contributed by atoms with Gasteiger partial charge < -0.3 is 14.7 Å². The quantitative estimate of drug-likeness (QED) is 0.742. The maximum absolute atomic E-state index is 9.34. The van der Waals surface area contributed by atoms with E-state index in [4.69, 9.17) is 9.72 Å². The molecule has 1 unspecified atom stereocenters. The zero-order chi connectivity index (χ0) is 18.8. The number of aryl methyl sites for hydroxylation is 1. The van der Waals surface area contributed by atoms with Crippen LogP contribution in [0.25, 0.3) is 10.9 Å². The van der Waals surface area contributed by atoms with Gasteiger partial charge in [-0.25, -0.2) is 4.98 Å². The van der Waals surface area contributed by atoms with Crippen molar-refractivity contribution in [1.29, 1.82) is 0 Å². The predicted molar refractivity (Wildman–Crippen MR) is 109 cm³/mol. The first-order valence-corrected chi connectivity index (χ1v) is 9.56. The number of fused-ring (bicyclic) bond motifs is 1. The third-order valence-electron chi connectivity index (χ3n) is 5.52. The Morgan fingerprint density at radius 1 is 1.15 bits per heavy atom. The Balaban J connectivity index is 1.54. The summed E-state index contributed by atoms with van der Waals surface area (Å²) in [7, 11) is 1.70. The summed E-state index contributed by atoms with van der Waals surface area (Å²) in [5, 5.41) is 10.5. The standard InChI is InChI=1S/C23H26N2O2/c1-16-11-22(24-23-20(16)7-4-8-21(23)27-2)25-10-9-18(14-25)12-17-5-3-6-19(13-17)15-26/h3-8,11,13,18,26H,9-10,12,14-15H2,1-2H3. The van der Waals surface area contributed by atoms with Gasteiger partial charge in [-0.1, -0.05) is 36.4 Å². The second kappa shape index (κ2) is 7.57. The Kier molecular flexibility index (Phi) is 4.99. The fourth-order valence-corrected chi connectivity index (χ4v) is 4.10. The zero-order valence-corrected chi connectivity index (χ0v) is 16.0. The molecular weight excluding hydrogens is 336 g/mol. The van der Waals surface area contributed by atoms with Crippen LogP contribution in [-0.2, 0) is 13.0 Å². The van der Waals surface area contributed by atoms with Crippen molar-refractivity contribution < 1.29 is 9.84 Å². The summed E-state index contributed by atoms with van der Waals surface area (Å²) in [5.41, 5.74) is 4.46. The number of methoxy groups -OCH3 is 1. The molecule has 140 valence electrons. The SMILES string of the molecule is COc1cccc2c(C)cc(N3CCC(Cc4cccc(CO)c4)C3)nc12. The third kappa shape index (κ3) is 3.62. The van der Waals surface area contributed by atoms with Gasteiger partial charge in [0.05, 0.1) is 13.7 Å². The largest absolute Gasteiger partial charge is 0.494 e. The molecule has 1 N–H and O–H groups in total. The average Bonchev–Trinajstić information content (AvgIpc) is 3.16. The Hall–Kier alpha value is -2.59. The van der Waals surface area contributed by atoms with E-state index in [2.05, 4.69) is 36.1 Å². The lowest BCUT2D eigenvalue weighted by Gasteiger charge is -2.20. The number of hydrogen-bond donors (Lipinski definition) is 1. The van der Waals surface area contributed by atoms with Crippen molar-refractivity contribution in [3.8, 4) is 5.75 Å². The third-order valence-corrected chi connectivity index (χ3v) is 5.52. The summed E-state index contributed by atoms with van der Waals surface area (Å²) in [5.74, 6) is 2.47. The molecule has 4 heteroatoms. The van der Waals surface area contributed by atoms with E-state index in [9.17, 15) is 5.11 Å². The number of nitrogens with zero attached hydrogens (tertiary/aromatic N) is 2. The molecule has 1 saturated heterocycles. The zero-order valence-electron chi connectivity index (χ0n) is 16.0. The topological polar surface area (TPSA) is 45.6 Å². The van der Waals surface area contributed by atoms with Crippen LogP contribution in [0.1, 0.15) is 23.1 Å². The Morgan fingerprint density at radius 3 is 2.78 bits per heavy atom. The molecular formula is C23H26N2O2. The lowest BCUT2D eigenvalue weighted by molar-refractivity contribution is 0.281. The van der Waals surface area contributed by atoms with Crippen LogP contribution >= 0.6 is 0 Å². The first-order chi connectivity index (χ1) is 13.2. The molecule has 0 amide bonds. The normalized spacial score (nSPS) is 16.9. The van der Waals surface area contributed by atoms with Crippen molar-refractivity contribution in [2.45, 2.75) is 26.4 Å². The number of aliphatic hydroxyl groups excluding tert-OH is 1. The Bertz CT molecular complexity index is 954. The van der Waals surface area contributed by atoms with Crippen molar-refractivity contribution in [2.75, 3.05) is 25.1 Å². The minimum Gasteiger partial charge on any atom is -0.494 e. The van der Waals surface area contributed by atoms with Crippen LogP contribution in [0, 0.1) is 12.8 Å². The summed E-state index contributed by atoms with van der Waals surface area (Å²) in [6.45, 7) is 4.28. The van der Waals surface area contributed by atoms with Gasteiger partial charge in [0.2, 0.25) is 0 Å². The van der Waals surface area contributed by atoms with Crippen molar-refractivity contribution in [3.63, 3.8) is 0 Å². The summed E-state index contributed by atoms with van der Waals surface area (Å²) in [4.78, 5) is 7.31. The summed E-state index contributed by atoms with van der Waals surface area (Å²) in [6.07, 6.45) is 2.20. The maximum Gasteiger partial charge on any atom is 0.145 e. The lowest BCUT2D eigenvalue weighted by atomic mass is 9.97. The highest BCUT2D eigenvalue weighted by Crippen LogP contribution is 2.31. The minimum absolute atomic E-state index is 0.104. The molecule has 0 spiro atoms. The fraction of sp³-hybridized carbons (Fsp3) is 0.348. The number of benzene rings is 2. The van der Waals surface area contributed by atoms with E-state index in [1.54, 1.807) is 7.11 Å².